The number of hydrogen-bond donors (Lipinski definition) is 1. The van der Waals surface area contributed by atoms with Crippen molar-refractivity contribution in [3.05, 3.63) is 52.9 Å². The fraction of sp³-hybridized carbons (Fsp3) is 0.200. The molecule has 0 spiro atoms. The average Bonchev–Trinajstić information content (AvgIpc) is 2.57. The van der Waals surface area contributed by atoms with Crippen LogP contribution in [0, 0.1) is 0 Å². The minimum absolute atomic E-state index is 0.0590. The molecule has 2 rings (SSSR count). The highest BCUT2D eigenvalue weighted by molar-refractivity contribution is 6.30. The third kappa shape index (κ3) is 4.93. The molecule has 120 valence electrons. The first-order valence-corrected chi connectivity index (χ1v) is 7.02. The quantitative estimate of drug-likeness (QED) is 0.667. The first-order valence-electron chi connectivity index (χ1n) is 6.64. The minimum atomic E-state index is -0.713. The van der Waals surface area contributed by atoms with Crippen LogP contribution < -0.4 is 5.32 Å². The number of halogens is 1. The van der Waals surface area contributed by atoms with Crippen LogP contribution in [-0.2, 0) is 27.3 Å². The van der Waals surface area contributed by atoms with Crippen LogP contribution in [0.5, 0.6) is 0 Å². The van der Waals surface area contributed by atoms with Crippen molar-refractivity contribution in [2.75, 3.05) is 12.4 Å². The standard InChI is InChI=1S/C15H14ClN3O4/c1-22-12(20)7-11-13(16)17-9-18-14(11)19-15(21)23-8-10-5-3-2-4-6-10/h2-6,9H,7-8H2,1H3,(H,17,18,19,21). The number of carbonyl (C=O) groups is 2. The van der Waals surface area contributed by atoms with Gasteiger partial charge < -0.3 is 9.47 Å². The number of aromatic nitrogens is 2. The SMILES string of the molecule is COC(=O)Cc1c(Cl)ncnc1NC(=O)OCc1ccccc1. The van der Waals surface area contributed by atoms with Gasteiger partial charge in [-0.05, 0) is 5.56 Å². The Kier molecular flexibility index (Phi) is 5.87. The summed E-state index contributed by atoms with van der Waals surface area (Å²) in [6.45, 7) is 0.109. The van der Waals surface area contributed by atoms with Gasteiger partial charge >= 0.3 is 12.1 Å². The van der Waals surface area contributed by atoms with Crippen molar-refractivity contribution < 1.29 is 19.1 Å². The van der Waals surface area contributed by atoms with E-state index in [0.717, 1.165) is 5.56 Å². The van der Waals surface area contributed by atoms with Gasteiger partial charge in [-0.3, -0.25) is 10.1 Å². The summed E-state index contributed by atoms with van der Waals surface area (Å²) >= 11 is 5.94. The maximum Gasteiger partial charge on any atom is 0.413 e. The molecule has 1 aromatic heterocycles. The van der Waals surface area contributed by atoms with Crippen molar-refractivity contribution in [2.24, 2.45) is 0 Å². The molecule has 1 N–H and O–H groups in total. The lowest BCUT2D eigenvalue weighted by Crippen LogP contribution is -2.17. The Balaban J connectivity index is 2.02. The van der Waals surface area contributed by atoms with Gasteiger partial charge in [-0.1, -0.05) is 41.9 Å². The topological polar surface area (TPSA) is 90.4 Å². The summed E-state index contributed by atoms with van der Waals surface area (Å²) in [5.41, 5.74) is 1.11. The van der Waals surface area contributed by atoms with Crippen LogP contribution in [-0.4, -0.2) is 29.1 Å². The molecule has 0 aliphatic carbocycles. The lowest BCUT2D eigenvalue weighted by atomic mass is 10.2. The zero-order chi connectivity index (χ0) is 16.7. The summed E-state index contributed by atoms with van der Waals surface area (Å²) < 4.78 is 9.67. The molecular formula is C15H14ClN3O4. The molecule has 1 amide bonds. The number of anilines is 1. The van der Waals surface area contributed by atoms with Gasteiger partial charge in [0.2, 0.25) is 0 Å². The molecule has 8 heteroatoms. The molecule has 0 unspecified atom stereocenters. The Morgan fingerprint density at radius 3 is 2.65 bits per heavy atom. The number of amides is 1. The Morgan fingerprint density at radius 2 is 1.96 bits per heavy atom. The first kappa shape index (κ1) is 16.7. The number of hydrogen-bond acceptors (Lipinski definition) is 6. The summed E-state index contributed by atoms with van der Waals surface area (Å²) in [5, 5.41) is 2.51. The maximum atomic E-state index is 11.9. The summed E-state index contributed by atoms with van der Waals surface area (Å²) in [6.07, 6.45) is 0.301. The molecule has 2 aromatic rings. The Morgan fingerprint density at radius 1 is 1.22 bits per heavy atom. The number of carbonyl (C=O) groups excluding carboxylic acids is 2. The normalized spacial score (nSPS) is 10.0. The van der Waals surface area contributed by atoms with Gasteiger partial charge in [0.1, 0.15) is 23.9 Å². The van der Waals surface area contributed by atoms with E-state index in [1.165, 1.54) is 13.4 Å². The molecule has 0 atom stereocenters. The highest BCUT2D eigenvalue weighted by Gasteiger charge is 2.17. The first-order chi connectivity index (χ1) is 11.1. The van der Waals surface area contributed by atoms with Crippen LogP contribution in [0.3, 0.4) is 0 Å². The zero-order valence-corrected chi connectivity index (χ0v) is 13.0. The summed E-state index contributed by atoms with van der Waals surface area (Å²) in [6, 6.07) is 9.21. The number of benzene rings is 1. The van der Waals surface area contributed by atoms with Gasteiger partial charge in [-0.2, -0.15) is 0 Å². The van der Waals surface area contributed by atoms with Crippen molar-refractivity contribution in [3.63, 3.8) is 0 Å². The number of nitrogens with zero attached hydrogens (tertiary/aromatic N) is 2. The maximum absolute atomic E-state index is 11.9. The summed E-state index contributed by atoms with van der Waals surface area (Å²) in [4.78, 5) is 30.9. The smallest absolute Gasteiger partial charge is 0.413 e. The van der Waals surface area contributed by atoms with Crippen LogP contribution in [0.4, 0.5) is 10.6 Å². The Hall–Kier alpha value is -2.67. The van der Waals surface area contributed by atoms with E-state index >= 15 is 0 Å². The highest BCUT2D eigenvalue weighted by Crippen LogP contribution is 2.21. The monoisotopic (exact) mass is 335 g/mol. The predicted octanol–water partition coefficient (Wildman–Crippen LogP) is 2.59. The molecule has 0 aliphatic rings. The fourth-order valence-electron chi connectivity index (χ4n) is 1.73. The molecule has 1 heterocycles. The fourth-order valence-corrected chi connectivity index (χ4v) is 1.93. The second-order valence-electron chi connectivity index (χ2n) is 4.43. The number of esters is 1. The van der Waals surface area contributed by atoms with Crippen LogP contribution in [0.25, 0.3) is 0 Å². The van der Waals surface area contributed by atoms with Crippen molar-refractivity contribution in [1.29, 1.82) is 0 Å². The molecule has 7 nitrogen and oxygen atoms in total. The lowest BCUT2D eigenvalue weighted by molar-refractivity contribution is -0.139. The number of ether oxygens (including phenoxy) is 2. The number of rotatable bonds is 5. The second-order valence-corrected chi connectivity index (χ2v) is 4.79. The van der Waals surface area contributed by atoms with Crippen LogP contribution in [0.2, 0.25) is 5.15 Å². The van der Waals surface area contributed by atoms with Crippen molar-refractivity contribution in [1.82, 2.24) is 9.97 Å². The van der Waals surface area contributed by atoms with Gasteiger partial charge in [0.15, 0.2) is 0 Å². The highest BCUT2D eigenvalue weighted by atomic mass is 35.5. The van der Waals surface area contributed by atoms with Gasteiger partial charge in [0, 0.05) is 5.56 Å². The number of methoxy groups -OCH3 is 1. The third-order valence-corrected chi connectivity index (χ3v) is 3.20. The molecule has 0 radical (unpaired) electrons. The van der Waals surface area contributed by atoms with E-state index < -0.39 is 12.1 Å². The molecule has 0 fully saturated rings. The zero-order valence-electron chi connectivity index (χ0n) is 12.3. The summed E-state index contributed by atoms with van der Waals surface area (Å²) in [5.74, 6) is -0.420. The number of nitrogens with one attached hydrogen (secondary N) is 1. The molecular weight excluding hydrogens is 322 g/mol. The van der Waals surface area contributed by atoms with Gasteiger partial charge in [-0.15, -0.1) is 0 Å². The summed E-state index contributed by atoms with van der Waals surface area (Å²) in [7, 11) is 1.25. The second kappa shape index (κ2) is 8.09. The van der Waals surface area contributed by atoms with E-state index in [9.17, 15) is 9.59 Å². The third-order valence-electron chi connectivity index (χ3n) is 2.87. The van der Waals surface area contributed by atoms with Crippen molar-refractivity contribution in [3.8, 4) is 0 Å². The molecule has 0 bridgehead atoms. The predicted molar refractivity (Wildman–Crippen MR) is 83.0 cm³/mol. The van der Waals surface area contributed by atoms with E-state index in [0.29, 0.717) is 0 Å². The molecule has 0 aliphatic heterocycles. The van der Waals surface area contributed by atoms with Crippen molar-refractivity contribution >= 4 is 29.5 Å². The molecule has 0 saturated carbocycles. The largest absolute Gasteiger partial charge is 0.469 e. The van der Waals surface area contributed by atoms with E-state index in [2.05, 4.69) is 20.0 Å². The lowest BCUT2D eigenvalue weighted by Gasteiger charge is -2.10. The van der Waals surface area contributed by atoms with Crippen LogP contribution in [0.15, 0.2) is 36.7 Å². The Labute approximate surface area is 137 Å². The van der Waals surface area contributed by atoms with E-state index in [-0.39, 0.29) is 29.6 Å². The Bertz CT molecular complexity index is 694. The van der Waals surface area contributed by atoms with Crippen molar-refractivity contribution in [2.45, 2.75) is 13.0 Å². The molecule has 0 saturated heterocycles. The van der Waals surface area contributed by atoms with E-state index in [4.69, 9.17) is 16.3 Å². The molecule has 23 heavy (non-hydrogen) atoms. The van der Waals surface area contributed by atoms with Crippen LogP contribution in [0.1, 0.15) is 11.1 Å². The minimum Gasteiger partial charge on any atom is -0.469 e. The van der Waals surface area contributed by atoms with E-state index in [1.807, 2.05) is 30.3 Å². The average molecular weight is 336 g/mol. The van der Waals surface area contributed by atoms with Crippen LogP contribution >= 0.6 is 11.6 Å². The molecule has 1 aromatic carbocycles. The van der Waals surface area contributed by atoms with Gasteiger partial charge in [-0.25, -0.2) is 14.8 Å². The van der Waals surface area contributed by atoms with E-state index in [1.54, 1.807) is 0 Å². The van der Waals surface area contributed by atoms with Gasteiger partial charge in [0.05, 0.1) is 13.5 Å². The van der Waals surface area contributed by atoms with Gasteiger partial charge in [0.25, 0.3) is 0 Å².